The van der Waals surface area contributed by atoms with Crippen LogP contribution in [0, 0.1) is 0 Å². The van der Waals surface area contributed by atoms with E-state index in [-0.39, 0.29) is 6.10 Å². The van der Waals surface area contributed by atoms with Crippen molar-refractivity contribution in [2.24, 2.45) is 4.99 Å². The summed E-state index contributed by atoms with van der Waals surface area (Å²) in [5.74, 6) is 0. The minimum Gasteiger partial charge on any atom is -0.393 e. The molecule has 0 aliphatic carbocycles. The number of carbonyl (C=O) groups excluding carboxylic acids is 1. The lowest BCUT2D eigenvalue weighted by molar-refractivity contribution is 0.181. The number of rotatable bonds is 5. The van der Waals surface area contributed by atoms with E-state index < -0.39 is 0 Å². The first kappa shape index (κ1) is 9.34. The van der Waals surface area contributed by atoms with Crippen molar-refractivity contribution >= 4 is 6.08 Å². The van der Waals surface area contributed by atoms with Crippen LogP contribution in [0.4, 0.5) is 0 Å². The summed E-state index contributed by atoms with van der Waals surface area (Å²) in [5, 5.41) is 8.80. The Morgan fingerprint density at radius 1 is 1.60 bits per heavy atom. The van der Waals surface area contributed by atoms with Gasteiger partial charge in [0.25, 0.3) is 0 Å². The van der Waals surface area contributed by atoms with Gasteiger partial charge in [0.1, 0.15) is 0 Å². The van der Waals surface area contributed by atoms with Crippen molar-refractivity contribution in [3.05, 3.63) is 0 Å². The standard InChI is InChI=1S/C7H13NO2/c1-7(10)4-2-3-5-8-6-9/h7,10H,2-5H2,1H3. The predicted octanol–water partition coefficient (Wildman–Crippen LogP) is 0.873. The van der Waals surface area contributed by atoms with Gasteiger partial charge in [-0.2, -0.15) is 0 Å². The average molecular weight is 143 g/mol. The molecule has 0 bridgehead atoms. The molecule has 0 aromatic rings. The van der Waals surface area contributed by atoms with E-state index in [1.165, 1.54) is 6.08 Å². The van der Waals surface area contributed by atoms with Crippen LogP contribution in [0.2, 0.25) is 0 Å². The van der Waals surface area contributed by atoms with Gasteiger partial charge in [-0.25, -0.2) is 9.79 Å². The summed E-state index contributed by atoms with van der Waals surface area (Å²) in [6.45, 7) is 2.29. The highest BCUT2D eigenvalue weighted by Gasteiger charge is 1.93. The Kier molecular flexibility index (Phi) is 6.03. The first-order valence-electron chi connectivity index (χ1n) is 3.49. The predicted molar refractivity (Wildman–Crippen MR) is 38.5 cm³/mol. The van der Waals surface area contributed by atoms with Gasteiger partial charge in [-0.15, -0.1) is 0 Å². The first-order chi connectivity index (χ1) is 4.77. The number of isocyanates is 1. The summed E-state index contributed by atoms with van der Waals surface area (Å²) in [6, 6.07) is 0. The topological polar surface area (TPSA) is 49.7 Å². The molecule has 0 aromatic carbocycles. The second kappa shape index (κ2) is 6.46. The fourth-order valence-electron chi connectivity index (χ4n) is 0.676. The molecule has 0 saturated carbocycles. The van der Waals surface area contributed by atoms with E-state index in [2.05, 4.69) is 4.99 Å². The van der Waals surface area contributed by atoms with Crippen LogP contribution in [0.3, 0.4) is 0 Å². The van der Waals surface area contributed by atoms with Crippen molar-refractivity contribution in [1.82, 2.24) is 0 Å². The minimum atomic E-state index is -0.236. The Morgan fingerprint density at radius 3 is 2.80 bits per heavy atom. The monoisotopic (exact) mass is 143 g/mol. The molecule has 1 N–H and O–H groups in total. The molecule has 0 saturated heterocycles. The fourth-order valence-corrected chi connectivity index (χ4v) is 0.676. The molecule has 0 aromatic heterocycles. The SMILES string of the molecule is CC(O)CCCCN=C=O. The maximum absolute atomic E-state index is 9.56. The van der Waals surface area contributed by atoms with Crippen molar-refractivity contribution < 1.29 is 9.90 Å². The number of aliphatic hydroxyl groups excluding tert-OH is 1. The highest BCUT2D eigenvalue weighted by Crippen LogP contribution is 1.99. The van der Waals surface area contributed by atoms with Crippen LogP contribution in [0.1, 0.15) is 26.2 Å². The van der Waals surface area contributed by atoms with Gasteiger partial charge in [0.2, 0.25) is 6.08 Å². The summed E-state index contributed by atoms with van der Waals surface area (Å²) in [5.41, 5.74) is 0. The molecule has 3 nitrogen and oxygen atoms in total. The number of aliphatic imine (C=N–C) groups is 1. The van der Waals surface area contributed by atoms with Gasteiger partial charge in [0, 0.05) is 0 Å². The van der Waals surface area contributed by atoms with Crippen molar-refractivity contribution in [2.75, 3.05) is 6.54 Å². The third kappa shape index (κ3) is 7.34. The number of aliphatic hydroxyl groups is 1. The molecule has 58 valence electrons. The first-order valence-corrected chi connectivity index (χ1v) is 3.49. The van der Waals surface area contributed by atoms with Gasteiger partial charge in [0.05, 0.1) is 12.6 Å². The molecule has 0 rings (SSSR count). The van der Waals surface area contributed by atoms with Crippen LogP contribution in [0.25, 0.3) is 0 Å². The summed E-state index contributed by atoms with van der Waals surface area (Å²) >= 11 is 0. The molecule has 1 atom stereocenters. The zero-order valence-electron chi connectivity index (χ0n) is 6.21. The van der Waals surface area contributed by atoms with Crippen LogP contribution in [0.5, 0.6) is 0 Å². The van der Waals surface area contributed by atoms with Crippen LogP contribution < -0.4 is 0 Å². The third-order valence-corrected chi connectivity index (χ3v) is 1.21. The number of hydrogen-bond acceptors (Lipinski definition) is 3. The molecule has 0 amide bonds. The molecule has 1 unspecified atom stereocenters. The Bertz CT molecular complexity index is 117. The molecule has 3 heteroatoms. The lowest BCUT2D eigenvalue weighted by atomic mass is 10.2. The lowest BCUT2D eigenvalue weighted by Gasteiger charge is -2.00. The van der Waals surface area contributed by atoms with E-state index in [1.807, 2.05) is 0 Å². The molecule has 0 heterocycles. The zero-order valence-corrected chi connectivity index (χ0v) is 6.21. The Labute approximate surface area is 60.8 Å². The van der Waals surface area contributed by atoms with Gasteiger partial charge in [0.15, 0.2) is 0 Å². The Hall–Kier alpha value is -0.660. The highest BCUT2D eigenvalue weighted by atomic mass is 16.3. The highest BCUT2D eigenvalue weighted by molar-refractivity contribution is 5.32. The van der Waals surface area contributed by atoms with E-state index >= 15 is 0 Å². The summed E-state index contributed by atoms with van der Waals surface area (Å²) in [7, 11) is 0. The summed E-state index contributed by atoms with van der Waals surface area (Å²) in [6.07, 6.45) is 3.80. The molecule has 0 aliphatic heterocycles. The number of hydrogen-bond donors (Lipinski definition) is 1. The number of unbranched alkanes of at least 4 members (excludes halogenated alkanes) is 1. The van der Waals surface area contributed by atoms with Crippen molar-refractivity contribution in [3.63, 3.8) is 0 Å². The molecule has 0 spiro atoms. The molecule has 0 radical (unpaired) electrons. The number of nitrogens with zero attached hydrogens (tertiary/aromatic N) is 1. The third-order valence-electron chi connectivity index (χ3n) is 1.21. The molecule has 0 fully saturated rings. The van der Waals surface area contributed by atoms with Crippen LogP contribution in [-0.2, 0) is 4.79 Å². The van der Waals surface area contributed by atoms with Crippen molar-refractivity contribution in [3.8, 4) is 0 Å². The summed E-state index contributed by atoms with van der Waals surface area (Å²) < 4.78 is 0. The lowest BCUT2D eigenvalue weighted by Crippen LogP contribution is -1.98. The van der Waals surface area contributed by atoms with Crippen LogP contribution in [-0.4, -0.2) is 23.8 Å². The molecule has 0 aliphatic rings. The molecular formula is C7H13NO2. The maximum atomic E-state index is 9.56. The normalized spacial score (nSPS) is 12.2. The molecular weight excluding hydrogens is 130 g/mol. The minimum absolute atomic E-state index is 0.236. The van der Waals surface area contributed by atoms with E-state index in [0.717, 1.165) is 19.3 Å². The zero-order chi connectivity index (χ0) is 7.82. The van der Waals surface area contributed by atoms with Gasteiger partial charge in [-0.3, -0.25) is 0 Å². The van der Waals surface area contributed by atoms with E-state index in [0.29, 0.717) is 6.54 Å². The van der Waals surface area contributed by atoms with Crippen molar-refractivity contribution in [1.29, 1.82) is 0 Å². The van der Waals surface area contributed by atoms with Crippen LogP contribution in [0.15, 0.2) is 4.99 Å². The van der Waals surface area contributed by atoms with E-state index in [1.54, 1.807) is 6.92 Å². The maximum Gasteiger partial charge on any atom is 0.234 e. The fraction of sp³-hybridized carbons (Fsp3) is 0.857. The largest absolute Gasteiger partial charge is 0.393 e. The van der Waals surface area contributed by atoms with Crippen molar-refractivity contribution in [2.45, 2.75) is 32.3 Å². The smallest absolute Gasteiger partial charge is 0.234 e. The van der Waals surface area contributed by atoms with Gasteiger partial charge in [-0.05, 0) is 26.2 Å². The second-order valence-corrected chi connectivity index (χ2v) is 2.32. The van der Waals surface area contributed by atoms with E-state index in [4.69, 9.17) is 5.11 Å². The quantitative estimate of drug-likeness (QED) is 0.352. The average Bonchev–Trinajstić information content (AvgIpc) is 1.87. The van der Waals surface area contributed by atoms with E-state index in [9.17, 15) is 4.79 Å². The summed E-state index contributed by atoms with van der Waals surface area (Å²) in [4.78, 5) is 12.9. The molecule has 10 heavy (non-hydrogen) atoms. The Balaban J connectivity index is 2.98. The van der Waals surface area contributed by atoms with Gasteiger partial charge >= 0.3 is 0 Å². The van der Waals surface area contributed by atoms with Crippen LogP contribution >= 0.6 is 0 Å². The Morgan fingerprint density at radius 2 is 2.30 bits per heavy atom. The van der Waals surface area contributed by atoms with Gasteiger partial charge < -0.3 is 5.11 Å². The second-order valence-electron chi connectivity index (χ2n) is 2.32. The van der Waals surface area contributed by atoms with Gasteiger partial charge in [-0.1, -0.05) is 0 Å².